The van der Waals surface area contributed by atoms with Crippen LogP contribution >= 0.6 is 22.9 Å². The molecule has 1 fully saturated rings. The summed E-state index contributed by atoms with van der Waals surface area (Å²) in [5, 5.41) is 7.25. The average molecular weight is 256 g/mol. The quantitative estimate of drug-likeness (QED) is 0.913. The molecule has 0 atom stereocenters. The van der Waals surface area contributed by atoms with Crippen LogP contribution in [0.25, 0.3) is 10.8 Å². The molecule has 1 aliphatic carbocycles. The van der Waals surface area contributed by atoms with Crippen molar-refractivity contribution in [2.24, 2.45) is 0 Å². The second-order valence-electron chi connectivity index (χ2n) is 3.77. The maximum atomic E-state index is 5.84. The molecule has 2 heterocycles. The molecule has 0 spiro atoms. The first-order valence-electron chi connectivity index (χ1n) is 5.13. The third kappa shape index (κ3) is 2.26. The predicted octanol–water partition coefficient (Wildman–Crippen LogP) is 2.70. The predicted molar refractivity (Wildman–Crippen MR) is 62.5 cm³/mol. The van der Waals surface area contributed by atoms with Crippen molar-refractivity contribution < 1.29 is 4.52 Å². The molecule has 3 rings (SSSR count). The van der Waals surface area contributed by atoms with Crippen LogP contribution in [0, 0.1) is 0 Å². The third-order valence-corrected chi connectivity index (χ3v) is 3.60. The Bertz CT molecular complexity index is 492. The Labute approximate surface area is 102 Å². The molecule has 0 unspecified atom stereocenters. The summed E-state index contributed by atoms with van der Waals surface area (Å²) in [4.78, 5) is 5.22. The van der Waals surface area contributed by atoms with E-state index in [4.69, 9.17) is 16.1 Å². The smallest absolute Gasteiger partial charge is 0.268 e. The summed E-state index contributed by atoms with van der Waals surface area (Å²) in [5.74, 6) is 1.25. The molecule has 0 saturated heterocycles. The van der Waals surface area contributed by atoms with E-state index in [1.807, 2.05) is 12.1 Å². The van der Waals surface area contributed by atoms with E-state index in [9.17, 15) is 0 Å². The van der Waals surface area contributed by atoms with E-state index in [1.54, 1.807) is 0 Å². The van der Waals surface area contributed by atoms with E-state index >= 15 is 0 Å². The number of thiophene rings is 1. The number of hydrogen-bond donors (Lipinski definition) is 1. The first-order chi connectivity index (χ1) is 7.81. The molecule has 1 N–H and O–H groups in total. The number of hydrogen-bond acceptors (Lipinski definition) is 5. The second-order valence-corrected chi connectivity index (χ2v) is 5.49. The van der Waals surface area contributed by atoms with Crippen molar-refractivity contribution in [1.82, 2.24) is 15.5 Å². The van der Waals surface area contributed by atoms with Crippen molar-refractivity contribution in [3.63, 3.8) is 0 Å². The summed E-state index contributed by atoms with van der Waals surface area (Å²) in [7, 11) is 0. The average Bonchev–Trinajstić information content (AvgIpc) is 2.81. The van der Waals surface area contributed by atoms with Gasteiger partial charge >= 0.3 is 0 Å². The zero-order valence-corrected chi connectivity index (χ0v) is 10.0. The van der Waals surface area contributed by atoms with E-state index < -0.39 is 0 Å². The Balaban J connectivity index is 1.71. The van der Waals surface area contributed by atoms with Crippen LogP contribution in [-0.4, -0.2) is 16.2 Å². The van der Waals surface area contributed by atoms with Gasteiger partial charge in [0.05, 0.1) is 15.8 Å². The molecule has 16 heavy (non-hydrogen) atoms. The molecule has 6 heteroatoms. The zero-order valence-electron chi connectivity index (χ0n) is 8.44. The highest BCUT2D eigenvalue weighted by Crippen LogP contribution is 2.29. The van der Waals surface area contributed by atoms with E-state index in [1.165, 1.54) is 24.2 Å². The molecule has 1 saturated carbocycles. The van der Waals surface area contributed by atoms with Crippen LogP contribution in [0.15, 0.2) is 16.7 Å². The fourth-order valence-corrected chi connectivity index (χ4v) is 2.34. The summed E-state index contributed by atoms with van der Waals surface area (Å²) in [5.41, 5.74) is 0. The van der Waals surface area contributed by atoms with Crippen molar-refractivity contribution in [3.05, 3.63) is 22.3 Å². The fourth-order valence-electron chi connectivity index (χ4n) is 1.38. The van der Waals surface area contributed by atoms with Gasteiger partial charge in [0.1, 0.15) is 0 Å². The number of nitrogens with zero attached hydrogens (tertiary/aromatic N) is 2. The Kier molecular flexibility index (Phi) is 2.67. The van der Waals surface area contributed by atoms with Crippen LogP contribution in [0.3, 0.4) is 0 Å². The van der Waals surface area contributed by atoms with E-state index in [-0.39, 0.29) is 0 Å². The van der Waals surface area contributed by atoms with E-state index in [0.29, 0.717) is 24.3 Å². The Hall–Kier alpha value is -0.910. The molecule has 2 aromatic rings. The molecule has 0 amide bonds. The number of nitrogens with one attached hydrogen (secondary N) is 1. The van der Waals surface area contributed by atoms with Gasteiger partial charge in [-0.2, -0.15) is 4.98 Å². The molecule has 0 bridgehead atoms. The maximum absolute atomic E-state index is 5.84. The molecule has 84 valence electrons. The molecule has 1 aliphatic rings. The number of aromatic nitrogens is 2. The normalized spacial score (nSPS) is 15.6. The summed E-state index contributed by atoms with van der Waals surface area (Å²) in [6.07, 6.45) is 2.51. The Morgan fingerprint density at radius 2 is 2.38 bits per heavy atom. The lowest BCUT2D eigenvalue weighted by atomic mass is 10.4. The first-order valence-corrected chi connectivity index (χ1v) is 6.32. The lowest BCUT2D eigenvalue weighted by molar-refractivity contribution is 0.420. The van der Waals surface area contributed by atoms with Crippen molar-refractivity contribution in [3.8, 4) is 10.8 Å². The summed E-state index contributed by atoms with van der Waals surface area (Å²) < 4.78 is 5.90. The summed E-state index contributed by atoms with van der Waals surface area (Å²) >= 11 is 7.28. The van der Waals surface area contributed by atoms with Gasteiger partial charge in [0.15, 0.2) is 5.82 Å². The fraction of sp³-hybridized carbons (Fsp3) is 0.400. The zero-order chi connectivity index (χ0) is 11.0. The molecule has 4 nitrogen and oxygen atoms in total. The van der Waals surface area contributed by atoms with Crippen molar-refractivity contribution in [1.29, 1.82) is 0 Å². The highest BCUT2D eigenvalue weighted by molar-refractivity contribution is 7.19. The largest absolute Gasteiger partial charge is 0.333 e. The molecular weight excluding hydrogens is 246 g/mol. The maximum Gasteiger partial charge on any atom is 0.268 e. The Morgan fingerprint density at radius 1 is 1.50 bits per heavy atom. The summed E-state index contributed by atoms with van der Waals surface area (Å²) in [6.45, 7) is 0.674. The first kappa shape index (κ1) is 10.3. The molecule has 2 aromatic heterocycles. The monoisotopic (exact) mass is 255 g/mol. The van der Waals surface area contributed by atoms with Gasteiger partial charge in [0.2, 0.25) is 0 Å². The highest BCUT2D eigenvalue weighted by atomic mass is 35.5. The van der Waals surface area contributed by atoms with Gasteiger partial charge in [-0.05, 0) is 25.0 Å². The Morgan fingerprint density at radius 3 is 3.06 bits per heavy atom. The standard InChI is InChI=1S/C10H10ClN3OS/c11-8-4-3-7(16-8)10-13-9(14-15-10)5-12-6-1-2-6/h3-4,6,12H,1-2,5H2. The topological polar surface area (TPSA) is 51.0 Å². The van der Waals surface area contributed by atoms with Gasteiger partial charge in [-0.25, -0.2) is 0 Å². The SMILES string of the molecule is Clc1ccc(-c2nc(CNC3CC3)no2)s1. The molecular formula is C10H10ClN3OS. The van der Waals surface area contributed by atoms with Crippen LogP contribution in [0.4, 0.5) is 0 Å². The minimum Gasteiger partial charge on any atom is -0.333 e. The van der Waals surface area contributed by atoms with Crippen LogP contribution in [-0.2, 0) is 6.54 Å². The minimum absolute atomic E-state index is 0.546. The lowest BCUT2D eigenvalue weighted by Gasteiger charge is -1.94. The number of rotatable bonds is 4. The van der Waals surface area contributed by atoms with Crippen LogP contribution in [0.2, 0.25) is 4.34 Å². The lowest BCUT2D eigenvalue weighted by Crippen LogP contribution is -2.16. The summed E-state index contributed by atoms with van der Waals surface area (Å²) in [6, 6.07) is 4.37. The van der Waals surface area contributed by atoms with Gasteiger partial charge in [-0.1, -0.05) is 16.8 Å². The number of halogens is 1. The van der Waals surface area contributed by atoms with Crippen molar-refractivity contribution >= 4 is 22.9 Å². The van der Waals surface area contributed by atoms with E-state index in [2.05, 4.69) is 15.5 Å². The van der Waals surface area contributed by atoms with Crippen molar-refractivity contribution in [2.75, 3.05) is 0 Å². The third-order valence-electron chi connectivity index (χ3n) is 2.38. The van der Waals surface area contributed by atoms with Gasteiger partial charge in [0, 0.05) is 6.04 Å². The van der Waals surface area contributed by atoms with Crippen LogP contribution in [0.1, 0.15) is 18.7 Å². The second kappa shape index (κ2) is 4.16. The molecule has 0 aromatic carbocycles. The minimum atomic E-state index is 0.546. The van der Waals surface area contributed by atoms with Crippen LogP contribution < -0.4 is 5.32 Å². The van der Waals surface area contributed by atoms with Crippen LogP contribution in [0.5, 0.6) is 0 Å². The van der Waals surface area contributed by atoms with Gasteiger partial charge in [-0.3, -0.25) is 0 Å². The van der Waals surface area contributed by atoms with Gasteiger partial charge in [0.25, 0.3) is 5.89 Å². The highest BCUT2D eigenvalue weighted by Gasteiger charge is 2.21. The van der Waals surface area contributed by atoms with Gasteiger partial charge < -0.3 is 9.84 Å². The van der Waals surface area contributed by atoms with Gasteiger partial charge in [-0.15, -0.1) is 11.3 Å². The van der Waals surface area contributed by atoms with E-state index in [0.717, 1.165) is 9.21 Å². The molecule has 0 aliphatic heterocycles. The van der Waals surface area contributed by atoms with Crippen molar-refractivity contribution in [2.45, 2.75) is 25.4 Å². The molecule has 0 radical (unpaired) electrons.